The van der Waals surface area contributed by atoms with E-state index in [2.05, 4.69) is 36.1 Å². The van der Waals surface area contributed by atoms with Gasteiger partial charge in [0.05, 0.1) is 18.3 Å². The van der Waals surface area contributed by atoms with Crippen molar-refractivity contribution in [3.05, 3.63) is 59.7 Å². The van der Waals surface area contributed by atoms with E-state index in [9.17, 15) is 4.79 Å². The summed E-state index contributed by atoms with van der Waals surface area (Å²) in [7, 11) is 0. The molecule has 0 saturated carbocycles. The quantitative estimate of drug-likeness (QED) is 0.887. The van der Waals surface area contributed by atoms with Gasteiger partial charge in [-0.05, 0) is 49.4 Å². The number of aryl methyl sites for hydroxylation is 1. The Bertz CT molecular complexity index is 838. The Kier molecular flexibility index (Phi) is 5.64. The second-order valence-electron chi connectivity index (χ2n) is 7.85. The third kappa shape index (κ3) is 3.91. The van der Waals surface area contributed by atoms with Crippen molar-refractivity contribution < 1.29 is 9.53 Å². The number of para-hydroxylation sites is 2. The van der Waals surface area contributed by atoms with Crippen LogP contribution in [0.5, 0.6) is 5.75 Å². The molecular weight excluding hydrogens is 350 g/mol. The van der Waals surface area contributed by atoms with Gasteiger partial charge in [-0.25, -0.2) is 0 Å². The first-order valence-electron chi connectivity index (χ1n) is 10.2. The van der Waals surface area contributed by atoms with Gasteiger partial charge >= 0.3 is 0 Å². The molecule has 2 bridgehead atoms. The van der Waals surface area contributed by atoms with E-state index >= 15 is 0 Å². The maximum absolute atomic E-state index is 13.3. The van der Waals surface area contributed by atoms with Crippen molar-refractivity contribution in [1.29, 1.82) is 0 Å². The average Bonchev–Trinajstić information content (AvgIpc) is 2.72. The Morgan fingerprint density at radius 1 is 1.14 bits per heavy atom. The number of fused-ring (bicyclic) bond motifs is 4. The Balaban J connectivity index is 1.49. The van der Waals surface area contributed by atoms with Crippen LogP contribution in [0.4, 0.5) is 5.69 Å². The molecule has 0 aliphatic carbocycles. The lowest BCUT2D eigenvalue weighted by molar-refractivity contribution is -0.126. The number of anilines is 1. The lowest BCUT2D eigenvalue weighted by Crippen LogP contribution is -2.59. The molecule has 2 atom stereocenters. The Morgan fingerprint density at radius 3 is 2.79 bits per heavy atom. The van der Waals surface area contributed by atoms with Crippen molar-refractivity contribution in [2.75, 3.05) is 31.1 Å². The number of carbonyl (C=O) groups is 1. The Hall–Kier alpha value is -2.37. The maximum atomic E-state index is 13.3. The van der Waals surface area contributed by atoms with Crippen LogP contribution in [0.1, 0.15) is 24.0 Å². The summed E-state index contributed by atoms with van der Waals surface area (Å²) in [6.07, 6.45) is 2.50. The summed E-state index contributed by atoms with van der Waals surface area (Å²) in [6, 6.07) is 16.1. The van der Waals surface area contributed by atoms with Crippen LogP contribution in [0, 0.1) is 6.92 Å². The van der Waals surface area contributed by atoms with Gasteiger partial charge in [0.15, 0.2) is 0 Å². The molecule has 0 spiro atoms. The molecular formula is C23H29N3O2. The zero-order chi connectivity index (χ0) is 19.5. The van der Waals surface area contributed by atoms with Crippen molar-refractivity contribution in [2.24, 2.45) is 5.73 Å². The molecule has 0 radical (unpaired) electrons. The molecule has 28 heavy (non-hydrogen) atoms. The van der Waals surface area contributed by atoms with Crippen LogP contribution in [0.15, 0.2) is 48.5 Å². The molecule has 2 aliphatic rings. The fourth-order valence-corrected chi connectivity index (χ4v) is 4.34. The first-order chi connectivity index (χ1) is 13.6. The average molecular weight is 380 g/mol. The Labute approximate surface area is 167 Å². The van der Waals surface area contributed by atoms with Crippen LogP contribution < -0.4 is 15.4 Å². The van der Waals surface area contributed by atoms with Gasteiger partial charge < -0.3 is 15.4 Å². The fourth-order valence-electron chi connectivity index (χ4n) is 4.34. The van der Waals surface area contributed by atoms with Crippen LogP contribution in [0.2, 0.25) is 0 Å². The monoisotopic (exact) mass is 379 g/mol. The van der Waals surface area contributed by atoms with Gasteiger partial charge in [0, 0.05) is 25.7 Å². The molecule has 1 saturated heterocycles. The van der Waals surface area contributed by atoms with E-state index in [0.717, 1.165) is 43.8 Å². The minimum atomic E-state index is -0.119. The summed E-state index contributed by atoms with van der Waals surface area (Å²) in [5, 5.41) is 0. The van der Waals surface area contributed by atoms with Crippen molar-refractivity contribution in [1.82, 2.24) is 4.90 Å². The van der Waals surface area contributed by atoms with Gasteiger partial charge in [-0.3, -0.25) is 9.69 Å². The van der Waals surface area contributed by atoms with E-state index in [1.54, 1.807) is 0 Å². The third-order valence-electron chi connectivity index (χ3n) is 5.85. The third-order valence-corrected chi connectivity index (χ3v) is 5.85. The molecule has 2 heterocycles. The number of nitrogens with zero attached hydrogens (tertiary/aromatic N) is 2. The van der Waals surface area contributed by atoms with Crippen molar-refractivity contribution in [3.63, 3.8) is 0 Å². The normalized spacial score (nSPS) is 21.1. The second-order valence-corrected chi connectivity index (χ2v) is 7.85. The molecule has 0 aromatic heterocycles. The standard InChI is InChI=1S/C23H29N3O2/c1-17-7-2-3-8-18(17)15-19(24)16-25-12-13-26-20-9-4-5-11-22(20)28-14-6-10-21(25)23(26)27/h2-5,7-9,11,19,21H,6,10,12-16,24H2,1H3. The molecule has 5 nitrogen and oxygen atoms in total. The smallest absolute Gasteiger partial charge is 0.244 e. The lowest BCUT2D eigenvalue weighted by atomic mass is 9.99. The van der Waals surface area contributed by atoms with Gasteiger partial charge in [0.1, 0.15) is 5.75 Å². The molecule has 1 amide bonds. The number of nitrogens with two attached hydrogens (primary N) is 1. The van der Waals surface area contributed by atoms with Crippen LogP contribution in [-0.4, -0.2) is 49.1 Å². The molecule has 1 fully saturated rings. The van der Waals surface area contributed by atoms with Crippen LogP contribution >= 0.6 is 0 Å². The van der Waals surface area contributed by atoms with Crippen LogP contribution in [0.25, 0.3) is 0 Å². The van der Waals surface area contributed by atoms with Crippen LogP contribution in [0.3, 0.4) is 0 Å². The van der Waals surface area contributed by atoms with Crippen molar-refractivity contribution in [3.8, 4) is 5.75 Å². The summed E-state index contributed by atoms with van der Waals surface area (Å²) < 4.78 is 5.94. The van der Waals surface area contributed by atoms with Gasteiger partial charge in [0.25, 0.3) is 0 Å². The maximum Gasteiger partial charge on any atom is 0.244 e. The zero-order valence-corrected chi connectivity index (χ0v) is 16.5. The predicted octanol–water partition coefficient (Wildman–Crippen LogP) is 2.75. The SMILES string of the molecule is Cc1ccccc1CC(N)CN1CCN2C(=O)C1CCCOc1ccccc12. The van der Waals surface area contributed by atoms with Crippen molar-refractivity contribution >= 4 is 11.6 Å². The summed E-state index contributed by atoms with van der Waals surface area (Å²) in [6.45, 7) is 5.01. The van der Waals surface area contributed by atoms with Crippen LogP contribution in [-0.2, 0) is 11.2 Å². The van der Waals surface area contributed by atoms with Gasteiger partial charge in [0.2, 0.25) is 5.91 Å². The van der Waals surface area contributed by atoms with Gasteiger partial charge in [-0.1, -0.05) is 36.4 Å². The molecule has 148 valence electrons. The first kappa shape index (κ1) is 19.0. The fraction of sp³-hybridized carbons (Fsp3) is 0.435. The predicted molar refractivity (Wildman–Crippen MR) is 112 cm³/mol. The van der Waals surface area contributed by atoms with Gasteiger partial charge in [-0.2, -0.15) is 0 Å². The van der Waals surface area contributed by atoms with E-state index in [0.29, 0.717) is 13.2 Å². The number of ether oxygens (including phenoxy) is 1. The Morgan fingerprint density at radius 2 is 1.93 bits per heavy atom. The summed E-state index contributed by atoms with van der Waals surface area (Å²) in [5.41, 5.74) is 9.96. The number of amides is 1. The molecule has 2 unspecified atom stereocenters. The summed E-state index contributed by atoms with van der Waals surface area (Å²) >= 11 is 0. The van der Waals surface area contributed by atoms with E-state index in [-0.39, 0.29) is 18.0 Å². The highest BCUT2D eigenvalue weighted by atomic mass is 16.5. The van der Waals surface area contributed by atoms with Crippen molar-refractivity contribution in [2.45, 2.75) is 38.3 Å². The number of rotatable bonds is 4. The number of hydrogen-bond donors (Lipinski definition) is 1. The summed E-state index contributed by atoms with van der Waals surface area (Å²) in [5.74, 6) is 0.980. The number of benzene rings is 2. The molecule has 4 rings (SSSR count). The second kappa shape index (κ2) is 8.33. The molecule has 2 aromatic carbocycles. The van der Waals surface area contributed by atoms with E-state index in [1.165, 1.54) is 11.1 Å². The number of hydrogen-bond acceptors (Lipinski definition) is 4. The van der Waals surface area contributed by atoms with E-state index in [1.807, 2.05) is 29.2 Å². The minimum absolute atomic E-state index is 0.0108. The van der Waals surface area contributed by atoms with Gasteiger partial charge in [-0.15, -0.1) is 0 Å². The number of piperazine rings is 1. The van der Waals surface area contributed by atoms with E-state index in [4.69, 9.17) is 10.5 Å². The molecule has 2 aliphatic heterocycles. The first-order valence-corrected chi connectivity index (χ1v) is 10.2. The highest BCUT2D eigenvalue weighted by Gasteiger charge is 2.37. The largest absolute Gasteiger partial charge is 0.491 e. The molecule has 5 heteroatoms. The summed E-state index contributed by atoms with van der Waals surface area (Å²) in [4.78, 5) is 17.5. The highest BCUT2D eigenvalue weighted by molar-refractivity contribution is 5.99. The molecule has 2 N–H and O–H groups in total. The minimum Gasteiger partial charge on any atom is -0.491 e. The number of carbonyl (C=O) groups excluding carboxylic acids is 1. The molecule has 2 aromatic rings. The highest BCUT2D eigenvalue weighted by Crippen LogP contribution is 2.32. The van der Waals surface area contributed by atoms with E-state index < -0.39 is 0 Å². The topological polar surface area (TPSA) is 58.8 Å². The zero-order valence-electron chi connectivity index (χ0n) is 16.5. The lowest BCUT2D eigenvalue weighted by Gasteiger charge is -2.41.